The number of fused-ring (bicyclic) bond motifs is 1. The number of aryl methyl sites for hydroxylation is 1. The standard InChI is InChI=1S/C19H19NO2/c1-13(10-19(21)22)14-6-5-7-15(11-14)17-12-20(2)18-9-4-3-8-16(17)18/h3-9,11-13H,10H2,1-2H3,(H,21,22)/p-1/t13-/m1/s1. The highest BCUT2D eigenvalue weighted by Gasteiger charge is 2.11. The molecule has 2 aromatic carbocycles. The van der Waals surface area contributed by atoms with Gasteiger partial charge in [0.2, 0.25) is 0 Å². The number of hydrogen-bond acceptors (Lipinski definition) is 2. The van der Waals surface area contributed by atoms with Gasteiger partial charge in [0, 0.05) is 35.7 Å². The summed E-state index contributed by atoms with van der Waals surface area (Å²) < 4.78 is 2.11. The minimum atomic E-state index is -1.01. The van der Waals surface area contributed by atoms with Gasteiger partial charge in [0.05, 0.1) is 0 Å². The quantitative estimate of drug-likeness (QED) is 0.741. The molecule has 3 aromatic rings. The maximum atomic E-state index is 10.8. The number of nitrogens with zero attached hydrogens (tertiary/aromatic N) is 1. The van der Waals surface area contributed by atoms with Gasteiger partial charge in [-0.15, -0.1) is 0 Å². The predicted molar refractivity (Wildman–Crippen MR) is 86.4 cm³/mol. The van der Waals surface area contributed by atoms with Gasteiger partial charge >= 0.3 is 0 Å². The second-order valence-corrected chi connectivity index (χ2v) is 5.77. The number of carbonyl (C=O) groups is 1. The normalized spacial score (nSPS) is 12.5. The van der Waals surface area contributed by atoms with Crippen LogP contribution in [0.15, 0.2) is 54.7 Å². The number of aromatic nitrogens is 1. The van der Waals surface area contributed by atoms with Crippen molar-refractivity contribution in [3.63, 3.8) is 0 Å². The summed E-state index contributed by atoms with van der Waals surface area (Å²) in [6, 6.07) is 16.4. The van der Waals surface area contributed by atoms with E-state index in [1.54, 1.807) is 0 Å². The van der Waals surface area contributed by atoms with Gasteiger partial charge in [0.1, 0.15) is 0 Å². The minimum Gasteiger partial charge on any atom is -0.550 e. The summed E-state index contributed by atoms with van der Waals surface area (Å²) in [4.78, 5) is 10.8. The van der Waals surface area contributed by atoms with Gasteiger partial charge in [-0.05, 0) is 29.5 Å². The fourth-order valence-corrected chi connectivity index (χ4v) is 2.95. The summed E-state index contributed by atoms with van der Waals surface area (Å²) in [6.45, 7) is 1.91. The molecular formula is C19H18NO2-. The number of benzene rings is 2. The fraction of sp³-hybridized carbons (Fsp3) is 0.211. The average molecular weight is 292 g/mol. The maximum Gasteiger partial charge on any atom is 0.0484 e. The fourth-order valence-electron chi connectivity index (χ4n) is 2.95. The van der Waals surface area contributed by atoms with E-state index < -0.39 is 5.97 Å². The van der Waals surface area contributed by atoms with E-state index >= 15 is 0 Å². The van der Waals surface area contributed by atoms with Crippen LogP contribution in [0, 0.1) is 0 Å². The molecule has 1 aromatic heterocycles. The minimum absolute atomic E-state index is 0.0407. The number of aliphatic carboxylic acids is 1. The lowest BCUT2D eigenvalue weighted by molar-refractivity contribution is -0.306. The van der Waals surface area contributed by atoms with Crippen LogP contribution in [0.3, 0.4) is 0 Å². The van der Waals surface area contributed by atoms with Gasteiger partial charge in [-0.25, -0.2) is 0 Å². The SMILES string of the molecule is C[C@H](CC(=O)[O-])c1cccc(-c2cn(C)c3ccccc23)c1. The van der Waals surface area contributed by atoms with Gasteiger partial charge in [-0.3, -0.25) is 0 Å². The van der Waals surface area contributed by atoms with Crippen molar-refractivity contribution in [1.82, 2.24) is 4.57 Å². The second-order valence-electron chi connectivity index (χ2n) is 5.77. The zero-order valence-corrected chi connectivity index (χ0v) is 12.7. The van der Waals surface area contributed by atoms with Crippen LogP contribution in [-0.2, 0) is 11.8 Å². The summed E-state index contributed by atoms with van der Waals surface area (Å²) >= 11 is 0. The molecule has 0 N–H and O–H groups in total. The van der Waals surface area contributed by atoms with Gasteiger partial charge < -0.3 is 14.5 Å². The molecule has 0 saturated carbocycles. The van der Waals surface area contributed by atoms with Crippen molar-refractivity contribution in [2.45, 2.75) is 19.3 Å². The Hall–Kier alpha value is -2.55. The number of para-hydroxylation sites is 1. The molecule has 3 rings (SSSR count). The molecule has 0 aliphatic heterocycles. The Morgan fingerprint density at radius 3 is 2.73 bits per heavy atom. The molecule has 112 valence electrons. The summed E-state index contributed by atoms with van der Waals surface area (Å²) in [7, 11) is 2.04. The monoisotopic (exact) mass is 292 g/mol. The molecule has 1 heterocycles. The Balaban J connectivity index is 2.06. The van der Waals surface area contributed by atoms with Gasteiger partial charge in [0.15, 0.2) is 0 Å². The van der Waals surface area contributed by atoms with Crippen molar-refractivity contribution in [2.75, 3.05) is 0 Å². The molecule has 3 nitrogen and oxygen atoms in total. The first-order chi connectivity index (χ1) is 10.6. The number of rotatable bonds is 4. The van der Waals surface area contributed by atoms with Crippen molar-refractivity contribution in [3.8, 4) is 11.1 Å². The van der Waals surface area contributed by atoms with Crippen LogP contribution in [0.2, 0.25) is 0 Å². The number of carbonyl (C=O) groups excluding carboxylic acids is 1. The van der Waals surface area contributed by atoms with Crippen molar-refractivity contribution < 1.29 is 9.90 Å². The van der Waals surface area contributed by atoms with E-state index in [2.05, 4.69) is 35.0 Å². The topological polar surface area (TPSA) is 45.1 Å². The third-order valence-corrected chi connectivity index (χ3v) is 4.14. The first-order valence-electron chi connectivity index (χ1n) is 7.40. The van der Waals surface area contributed by atoms with Crippen molar-refractivity contribution >= 4 is 16.9 Å². The number of carboxylic acid groups (broad SMARTS) is 1. The van der Waals surface area contributed by atoms with Crippen LogP contribution >= 0.6 is 0 Å². The zero-order valence-electron chi connectivity index (χ0n) is 12.7. The van der Waals surface area contributed by atoms with Crippen LogP contribution < -0.4 is 5.11 Å². The van der Waals surface area contributed by atoms with E-state index in [1.807, 2.05) is 38.2 Å². The molecule has 0 radical (unpaired) electrons. The Labute approximate surface area is 129 Å². The molecule has 0 unspecified atom stereocenters. The van der Waals surface area contributed by atoms with Crippen LogP contribution in [0.4, 0.5) is 0 Å². The average Bonchev–Trinajstić information content (AvgIpc) is 2.84. The summed E-state index contributed by atoms with van der Waals surface area (Å²) in [5.41, 5.74) is 4.49. The molecule has 0 saturated heterocycles. The lowest BCUT2D eigenvalue weighted by Crippen LogP contribution is -2.23. The highest BCUT2D eigenvalue weighted by molar-refractivity contribution is 5.96. The van der Waals surface area contributed by atoms with Crippen LogP contribution in [-0.4, -0.2) is 10.5 Å². The van der Waals surface area contributed by atoms with Crippen molar-refractivity contribution in [1.29, 1.82) is 0 Å². The van der Waals surface area contributed by atoms with Crippen molar-refractivity contribution in [2.24, 2.45) is 7.05 Å². The maximum absolute atomic E-state index is 10.8. The van der Waals surface area contributed by atoms with E-state index in [9.17, 15) is 9.90 Å². The van der Waals surface area contributed by atoms with Crippen LogP contribution in [0.1, 0.15) is 24.8 Å². The third-order valence-electron chi connectivity index (χ3n) is 4.14. The highest BCUT2D eigenvalue weighted by Crippen LogP contribution is 2.32. The first-order valence-corrected chi connectivity index (χ1v) is 7.40. The van der Waals surface area contributed by atoms with Crippen LogP contribution in [0.25, 0.3) is 22.0 Å². The predicted octanol–water partition coefficient (Wildman–Crippen LogP) is 3.09. The molecule has 0 aliphatic rings. The van der Waals surface area contributed by atoms with E-state index in [4.69, 9.17) is 0 Å². The zero-order chi connectivity index (χ0) is 15.7. The van der Waals surface area contributed by atoms with E-state index in [1.165, 1.54) is 16.5 Å². The van der Waals surface area contributed by atoms with Crippen molar-refractivity contribution in [3.05, 3.63) is 60.3 Å². The largest absolute Gasteiger partial charge is 0.550 e. The Bertz CT molecular complexity index is 832. The van der Waals surface area contributed by atoms with Gasteiger partial charge in [-0.1, -0.05) is 49.4 Å². The molecule has 1 atom stereocenters. The lowest BCUT2D eigenvalue weighted by atomic mass is 9.94. The number of carboxylic acids is 1. The summed E-state index contributed by atoms with van der Waals surface area (Å²) in [5, 5.41) is 12.0. The second kappa shape index (κ2) is 5.68. The Morgan fingerprint density at radius 1 is 1.18 bits per heavy atom. The van der Waals surface area contributed by atoms with Crippen LogP contribution in [0.5, 0.6) is 0 Å². The molecule has 0 amide bonds. The molecule has 0 bridgehead atoms. The van der Waals surface area contributed by atoms with E-state index in [0.717, 1.165) is 11.1 Å². The molecule has 0 aliphatic carbocycles. The Kier molecular flexibility index (Phi) is 3.72. The van der Waals surface area contributed by atoms with Gasteiger partial charge in [-0.2, -0.15) is 0 Å². The molecule has 0 fully saturated rings. The van der Waals surface area contributed by atoms with E-state index in [0.29, 0.717) is 0 Å². The van der Waals surface area contributed by atoms with Gasteiger partial charge in [0.25, 0.3) is 0 Å². The lowest BCUT2D eigenvalue weighted by Gasteiger charge is -2.13. The highest BCUT2D eigenvalue weighted by atomic mass is 16.4. The molecule has 0 spiro atoms. The molecular weight excluding hydrogens is 274 g/mol. The third kappa shape index (κ3) is 2.62. The first kappa shape index (κ1) is 14.4. The summed E-state index contributed by atoms with van der Waals surface area (Å²) in [6.07, 6.45) is 2.16. The number of hydrogen-bond donors (Lipinski definition) is 0. The smallest absolute Gasteiger partial charge is 0.0484 e. The summed E-state index contributed by atoms with van der Waals surface area (Å²) in [5.74, 6) is -1.07. The van der Waals surface area contributed by atoms with E-state index in [-0.39, 0.29) is 12.3 Å². The molecule has 3 heteroatoms. The Morgan fingerprint density at radius 2 is 1.95 bits per heavy atom. The molecule has 22 heavy (non-hydrogen) atoms.